The molecule has 0 fully saturated rings. The van der Waals surface area contributed by atoms with E-state index < -0.39 is 18.5 Å². The molecular weight excluding hydrogens is 382 g/mol. The number of nitrogens with zero attached hydrogens (tertiary/aromatic N) is 4. The molecule has 0 aliphatic carbocycles. The molecule has 0 spiro atoms. The number of hydrogen-bond donors (Lipinski definition) is 1. The van der Waals surface area contributed by atoms with Gasteiger partial charge in [0.2, 0.25) is 0 Å². The van der Waals surface area contributed by atoms with Crippen LogP contribution in [0.3, 0.4) is 0 Å². The molecule has 8 nitrogen and oxygen atoms in total. The van der Waals surface area contributed by atoms with Gasteiger partial charge >= 0.3 is 5.97 Å². The summed E-state index contributed by atoms with van der Waals surface area (Å²) in [5.41, 5.74) is 1.28. The third kappa shape index (κ3) is 4.34. The second kappa shape index (κ2) is 8.62. The fourth-order valence-corrected chi connectivity index (χ4v) is 2.77. The molecule has 0 saturated heterocycles. The molecule has 0 radical (unpaired) electrons. The minimum atomic E-state index is -0.640. The van der Waals surface area contributed by atoms with Crippen LogP contribution >= 0.6 is 11.6 Å². The summed E-state index contributed by atoms with van der Waals surface area (Å²) < 4.78 is 6.75. The molecule has 0 aliphatic heterocycles. The Morgan fingerprint density at radius 3 is 2.64 bits per heavy atom. The van der Waals surface area contributed by atoms with Crippen LogP contribution in [0.15, 0.2) is 48.9 Å². The topological polar surface area (TPSA) is 99.0 Å². The van der Waals surface area contributed by atoms with Crippen molar-refractivity contribution in [1.29, 1.82) is 0 Å². The van der Waals surface area contributed by atoms with E-state index in [1.807, 2.05) is 19.9 Å². The number of carbonyl (C=O) groups is 2. The van der Waals surface area contributed by atoms with Gasteiger partial charge < -0.3 is 10.1 Å². The van der Waals surface area contributed by atoms with Crippen LogP contribution in [0.1, 0.15) is 35.8 Å². The molecule has 3 aromatic heterocycles. The van der Waals surface area contributed by atoms with Crippen molar-refractivity contribution < 1.29 is 14.3 Å². The first-order valence-electron chi connectivity index (χ1n) is 8.54. The van der Waals surface area contributed by atoms with E-state index in [9.17, 15) is 9.59 Å². The van der Waals surface area contributed by atoms with E-state index in [1.54, 1.807) is 35.1 Å². The van der Waals surface area contributed by atoms with Crippen LogP contribution in [0.2, 0.25) is 5.15 Å². The Morgan fingerprint density at radius 1 is 1.18 bits per heavy atom. The minimum absolute atomic E-state index is 0.0184. The highest BCUT2D eigenvalue weighted by Gasteiger charge is 2.23. The first-order valence-corrected chi connectivity index (χ1v) is 8.92. The van der Waals surface area contributed by atoms with Gasteiger partial charge in [-0.25, -0.2) is 19.4 Å². The molecule has 9 heteroatoms. The number of amides is 1. The highest BCUT2D eigenvalue weighted by molar-refractivity contribution is 6.32. The van der Waals surface area contributed by atoms with E-state index in [4.69, 9.17) is 16.3 Å². The van der Waals surface area contributed by atoms with E-state index >= 15 is 0 Å². The maximum absolute atomic E-state index is 12.5. The summed E-state index contributed by atoms with van der Waals surface area (Å²) in [4.78, 5) is 32.7. The van der Waals surface area contributed by atoms with Gasteiger partial charge in [-0.05, 0) is 30.2 Å². The molecule has 28 heavy (non-hydrogen) atoms. The van der Waals surface area contributed by atoms with E-state index in [0.717, 1.165) is 0 Å². The molecule has 0 unspecified atom stereocenters. The summed E-state index contributed by atoms with van der Waals surface area (Å²) in [7, 11) is 0. The number of nitrogens with one attached hydrogen (secondary N) is 1. The third-order valence-corrected chi connectivity index (χ3v) is 4.11. The van der Waals surface area contributed by atoms with Crippen LogP contribution in [-0.4, -0.2) is 38.2 Å². The second-order valence-corrected chi connectivity index (χ2v) is 6.52. The number of aromatic nitrogens is 4. The lowest BCUT2D eigenvalue weighted by Gasteiger charge is -2.12. The number of hydrogen-bond acceptors (Lipinski definition) is 6. The van der Waals surface area contributed by atoms with Crippen LogP contribution in [-0.2, 0) is 9.53 Å². The highest BCUT2D eigenvalue weighted by Crippen LogP contribution is 2.23. The Bertz CT molecular complexity index is 988. The van der Waals surface area contributed by atoms with E-state index in [0.29, 0.717) is 17.2 Å². The number of pyridine rings is 2. The molecular formula is C19H18ClN5O3. The van der Waals surface area contributed by atoms with Crippen molar-refractivity contribution >= 4 is 29.2 Å². The van der Waals surface area contributed by atoms with Gasteiger partial charge in [0, 0.05) is 12.4 Å². The molecule has 0 aliphatic rings. The summed E-state index contributed by atoms with van der Waals surface area (Å²) >= 11 is 5.89. The number of esters is 1. The largest absolute Gasteiger partial charge is 0.452 e. The van der Waals surface area contributed by atoms with Crippen LogP contribution < -0.4 is 5.32 Å². The zero-order valence-corrected chi connectivity index (χ0v) is 16.1. The van der Waals surface area contributed by atoms with Crippen molar-refractivity contribution in [3.63, 3.8) is 0 Å². The number of rotatable bonds is 6. The standard InChI is InChI=1S/C19H18ClN5O3/c1-12(2)17-13(10-23-25(17)15-7-3-4-8-21-15)19(27)28-11-16(26)24-14-6-5-9-22-18(14)20/h3-10,12H,11H2,1-2H3,(H,24,26). The van der Waals surface area contributed by atoms with E-state index in [1.165, 1.54) is 12.4 Å². The van der Waals surface area contributed by atoms with E-state index in [-0.39, 0.29) is 16.6 Å². The monoisotopic (exact) mass is 399 g/mol. The Balaban J connectivity index is 1.72. The molecule has 1 amide bonds. The molecule has 3 rings (SSSR count). The minimum Gasteiger partial charge on any atom is -0.452 e. The van der Waals surface area contributed by atoms with Crippen molar-refractivity contribution in [3.8, 4) is 5.82 Å². The van der Waals surface area contributed by atoms with Gasteiger partial charge in [-0.2, -0.15) is 5.10 Å². The van der Waals surface area contributed by atoms with Gasteiger partial charge in [0.05, 0.1) is 17.6 Å². The maximum atomic E-state index is 12.5. The molecule has 3 heterocycles. The fraction of sp³-hybridized carbons (Fsp3) is 0.211. The summed E-state index contributed by atoms with van der Waals surface area (Å²) in [6, 6.07) is 8.65. The smallest absolute Gasteiger partial charge is 0.342 e. The van der Waals surface area contributed by atoms with E-state index in [2.05, 4.69) is 20.4 Å². The molecule has 0 atom stereocenters. The Kier molecular flexibility index (Phi) is 6.00. The first-order chi connectivity index (χ1) is 13.5. The number of ether oxygens (including phenoxy) is 1. The van der Waals surface area contributed by atoms with Crippen molar-refractivity contribution in [3.05, 3.63) is 65.3 Å². The summed E-state index contributed by atoms with van der Waals surface area (Å²) in [6.07, 6.45) is 4.57. The lowest BCUT2D eigenvalue weighted by molar-refractivity contribution is -0.119. The molecule has 1 N–H and O–H groups in total. The molecule has 144 valence electrons. The van der Waals surface area contributed by atoms with Crippen molar-refractivity contribution in [2.45, 2.75) is 19.8 Å². The second-order valence-electron chi connectivity index (χ2n) is 6.16. The van der Waals surface area contributed by atoms with Crippen LogP contribution in [0.4, 0.5) is 5.69 Å². The van der Waals surface area contributed by atoms with Crippen molar-refractivity contribution in [2.24, 2.45) is 0 Å². The number of anilines is 1. The van der Waals surface area contributed by atoms with Crippen LogP contribution in [0.25, 0.3) is 5.82 Å². The number of halogens is 1. The predicted molar refractivity (Wildman–Crippen MR) is 104 cm³/mol. The van der Waals surface area contributed by atoms with Gasteiger partial charge in [-0.3, -0.25) is 4.79 Å². The van der Waals surface area contributed by atoms with Crippen molar-refractivity contribution in [1.82, 2.24) is 19.7 Å². The normalized spacial score (nSPS) is 10.7. The summed E-state index contributed by atoms with van der Waals surface area (Å²) in [5, 5.41) is 6.96. The average Bonchev–Trinajstić information content (AvgIpc) is 3.14. The quantitative estimate of drug-likeness (QED) is 0.504. The zero-order chi connectivity index (χ0) is 20.1. The molecule has 3 aromatic rings. The lowest BCUT2D eigenvalue weighted by Crippen LogP contribution is -2.21. The lowest BCUT2D eigenvalue weighted by atomic mass is 10.1. The van der Waals surface area contributed by atoms with Gasteiger partial charge in [-0.1, -0.05) is 31.5 Å². The van der Waals surface area contributed by atoms with Crippen LogP contribution in [0.5, 0.6) is 0 Å². The predicted octanol–water partition coefficient (Wildman–Crippen LogP) is 3.23. The highest BCUT2D eigenvalue weighted by atomic mass is 35.5. The molecule has 0 aromatic carbocycles. The van der Waals surface area contributed by atoms with Crippen molar-refractivity contribution in [2.75, 3.05) is 11.9 Å². The Morgan fingerprint density at radius 2 is 1.96 bits per heavy atom. The third-order valence-electron chi connectivity index (χ3n) is 3.81. The summed E-state index contributed by atoms with van der Waals surface area (Å²) in [6.45, 7) is 3.41. The Hall–Kier alpha value is -3.26. The fourth-order valence-electron chi connectivity index (χ4n) is 2.61. The van der Waals surface area contributed by atoms with Gasteiger partial charge in [0.1, 0.15) is 5.56 Å². The summed E-state index contributed by atoms with van der Waals surface area (Å²) in [5.74, 6) is -0.589. The number of carbonyl (C=O) groups excluding carboxylic acids is 2. The SMILES string of the molecule is CC(C)c1c(C(=O)OCC(=O)Nc2cccnc2Cl)cnn1-c1ccccn1. The first kappa shape index (κ1) is 19.5. The maximum Gasteiger partial charge on any atom is 0.342 e. The van der Waals surface area contributed by atoms with Crippen LogP contribution in [0, 0.1) is 0 Å². The molecule has 0 bridgehead atoms. The average molecular weight is 400 g/mol. The molecule has 0 saturated carbocycles. The van der Waals surface area contributed by atoms with Gasteiger partial charge in [0.25, 0.3) is 5.91 Å². The Labute approximate surface area is 166 Å². The zero-order valence-electron chi connectivity index (χ0n) is 15.3. The van der Waals surface area contributed by atoms with Gasteiger partial charge in [-0.15, -0.1) is 0 Å². The van der Waals surface area contributed by atoms with Gasteiger partial charge in [0.15, 0.2) is 17.6 Å².